The first kappa shape index (κ1) is 17.9. The first-order valence-electron chi connectivity index (χ1n) is 10.1. The van der Waals surface area contributed by atoms with Crippen molar-refractivity contribution in [2.45, 2.75) is 25.4 Å². The summed E-state index contributed by atoms with van der Waals surface area (Å²) in [6.45, 7) is 2.36. The Hall–Kier alpha value is -3.21. The minimum Gasteiger partial charge on any atom is -0.352 e. The van der Waals surface area contributed by atoms with Crippen molar-refractivity contribution in [1.29, 1.82) is 0 Å². The second-order valence-corrected chi connectivity index (χ2v) is 7.87. The van der Waals surface area contributed by atoms with E-state index in [1.165, 1.54) is 4.90 Å². The maximum atomic E-state index is 13.6. The van der Waals surface area contributed by atoms with Crippen LogP contribution in [0.3, 0.4) is 0 Å². The Kier molecular flexibility index (Phi) is 4.12. The molecule has 3 aliphatic rings. The van der Waals surface area contributed by atoms with E-state index in [0.29, 0.717) is 18.5 Å². The molecule has 0 saturated carbocycles. The Morgan fingerprint density at radius 3 is 2.38 bits per heavy atom. The number of Topliss-reactive ketones (excluding diaryl/α,β-unsaturated/α-hetero) is 1. The van der Waals surface area contributed by atoms with Crippen LogP contribution in [-0.4, -0.2) is 41.1 Å². The molecule has 0 unspecified atom stereocenters. The van der Waals surface area contributed by atoms with Crippen molar-refractivity contribution in [2.24, 2.45) is 11.8 Å². The number of nitrogens with zero attached hydrogens (tertiary/aromatic N) is 2. The molecule has 0 radical (unpaired) electrons. The number of imide groups is 1. The predicted octanol–water partition coefficient (Wildman–Crippen LogP) is 3.16. The summed E-state index contributed by atoms with van der Waals surface area (Å²) in [7, 11) is 0. The number of hydrogen-bond acceptors (Lipinski definition) is 4. The number of para-hydroxylation sites is 1. The van der Waals surface area contributed by atoms with E-state index >= 15 is 0 Å². The van der Waals surface area contributed by atoms with Gasteiger partial charge in [0.05, 0.1) is 17.9 Å². The van der Waals surface area contributed by atoms with E-state index < -0.39 is 17.9 Å². The van der Waals surface area contributed by atoms with Crippen molar-refractivity contribution in [3.05, 3.63) is 71.8 Å². The van der Waals surface area contributed by atoms with Gasteiger partial charge < -0.3 is 4.90 Å². The van der Waals surface area contributed by atoms with Gasteiger partial charge in [0.1, 0.15) is 6.04 Å². The zero-order chi connectivity index (χ0) is 20.1. The number of fused-ring (bicyclic) bond motifs is 5. The molecule has 146 valence electrons. The summed E-state index contributed by atoms with van der Waals surface area (Å²) in [5, 5.41) is 0. The predicted molar refractivity (Wildman–Crippen MR) is 110 cm³/mol. The molecule has 0 bridgehead atoms. The molecule has 29 heavy (non-hydrogen) atoms. The van der Waals surface area contributed by atoms with Gasteiger partial charge in [0, 0.05) is 17.8 Å². The van der Waals surface area contributed by atoms with E-state index in [2.05, 4.69) is 0 Å². The monoisotopic (exact) mass is 386 g/mol. The van der Waals surface area contributed by atoms with E-state index in [-0.39, 0.29) is 23.6 Å². The van der Waals surface area contributed by atoms with Crippen molar-refractivity contribution in [1.82, 2.24) is 4.90 Å². The first-order valence-corrected chi connectivity index (χ1v) is 10.1. The number of benzene rings is 2. The lowest BCUT2D eigenvalue weighted by molar-refractivity contribution is -0.140. The molecule has 2 aromatic carbocycles. The third-order valence-electron chi connectivity index (χ3n) is 6.28. The second kappa shape index (κ2) is 6.69. The molecular formula is C24H22N2O3. The Morgan fingerprint density at radius 1 is 0.931 bits per heavy atom. The van der Waals surface area contributed by atoms with Gasteiger partial charge in [0.15, 0.2) is 5.78 Å². The molecule has 2 amide bonds. The van der Waals surface area contributed by atoms with Crippen LogP contribution in [-0.2, 0) is 9.59 Å². The van der Waals surface area contributed by atoms with Crippen molar-refractivity contribution >= 4 is 29.4 Å². The third-order valence-corrected chi connectivity index (χ3v) is 6.28. The normalized spacial score (nSPS) is 27.1. The molecule has 0 aliphatic carbocycles. The number of amides is 2. The number of rotatable bonds is 4. The SMILES string of the molecule is CCCN1C(=O)[C@@H]2[C@H](C1=O)[C@H]1C=Cc3ccccc3N1[C@@H]2C(=O)c1ccccc1. The fourth-order valence-corrected chi connectivity index (χ4v) is 5.09. The topological polar surface area (TPSA) is 57.7 Å². The molecule has 3 aliphatic heterocycles. The van der Waals surface area contributed by atoms with Gasteiger partial charge in [0.25, 0.3) is 0 Å². The summed E-state index contributed by atoms with van der Waals surface area (Å²) in [6, 6.07) is 15.9. The van der Waals surface area contributed by atoms with Crippen LogP contribution in [0.1, 0.15) is 29.3 Å². The van der Waals surface area contributed by atoms with Crippen LogP contribution < -0.4 is 4.90 Å². The Labute approximate surface area is 169 Å². The van der Waals surface area contributed by atoms with Crippen LogP contribution in [0, 0.1) is 11.8 Å². The fraction of sp³-hybridized carbons (Fsp3) is 0.292. The van der Waals surface area contributed by atoms with Gasteiger partial charge in [0.2, 0.25) is 11.8 Å². The Bertz CT molecular complexity index is 1030. The summed E-state index contributed by atoms with van der Waals surface area (Å²) in [5.41, 5.74) is 2.48. The van der Waals surface area contributed by atoms with E-state index in [4.69, 9.17) is 0 Å². The first-order chi connectivity index (χ1) is 14.1. The van der Waals surface area contributed by atoms with Gasteiger partial charge in [-0.25, -0.2) is 0 Å². The van der Waals surface area contributed by atoms with Crippen LogP contribution in [0.2, 0.25) is 0 Å². The van der Waals surface area contributed by atoms with Crippen molar-refractivity contribution < 1.29 is 14.4 Å². The molecule has 4 atom stereocenters. The van der Waals surface area contributed by atoms with E-state index in [1.807, 2.05) is 66.4 Å². The fourth-order valence-electron chi connectivity index (χ4n) is 5.09. The highest BCUT2D eigenvalue weighted by Crippen LogP contribution is 2.48. The lowest BCUT2D eigenvalue weighted by Gasteiger charge is -2.36. The van der Waals surface area contributed by atoms with Gasteiger partial charge in [-0.05, 0) is 18.1 Å². The molecule has 2 aromatic rings. The summed E-state index contributed by atoms with van der Waals surface area (Å²) in [6.07, 6.45) is 4.70. The third kappa shape index (κ3) is 2.50. The van der Waals surface area contributed by atoms with Crippen LogP contribution in [0.25, 0.3) is 6.08 Å². The molecule has 2 fully saturated rings. The van der Waals surface area contributed by atoms with Gasteiger partial charge >= 0.3 is 0 Å². The van der Waals surface area contributed by atoms with Crippen LogP contribution >= 0.6 is 0 Å². The van der Waals surface area contributed by atoms with Crippen LogP contribution in [0.15, 0.2) is 60.7 Å². The molecular weight excluding hydrogens is 364 g/mol. The van der Waals surface area contributed by atoms with Crippen LogP contribution in [0.4, 0.5) is 5.69 Å². The van der Waals surface area contributed by atoms with Gasteiger partial charge in [-0.2, -0.15) is 0 Å². The average molecular weight is 386 g/mol. The number of hydrogen-bond donors (Lipinski definition) is 0. The van der Waals surface area contributed by atoms with Gasteiger partial charge in [-0.1, -0.05) is 67.6 Å². The summed E-state index contributed by atoms with van der Waals surface area (Å²) < 4.78 is 0. The zero-order valence-corrected chi connectivity index (χ0v) is 16.2. The molecule has 5 rings (SSSR count). The average Bonchev–Trinajstić information content (AvgIpc) is 3.23. The molecule has 5 nitrogen and oxygen atoms in total. The highest BCUT2D eigenvalue weighted by atomic mass is 16.2. The molecule has 3 heterocycles. The highest BCUT2D eigenvalue weighted by Gasteiger charge is 2.63. The summed E-state index contributed by atoms with van der Waals surface area (Å²) >= 11 is 0. The summed E-state index contributed by atoms with van der Waals surface area (Å²) in [4.78, 5) is 43.5. The number of ketones is 1. The molecule has 5 heteroatoms. The van der Waals surface area contributed by atoms with E-state index in [0.717, 1.165) is 11.3 Å². The molecule has 0 spiro atoms. The lowest BCUT2D eigenvalue weighted by Crippen LogP contribution is -2.48. The Morgan fingerprint density at radius 2 is 1.62 bits per heavy atom. The maximum Gasteiger partial charge on any atom is 0.235 e. The number of likely N-dealkylation sites (tertiary alicyclic amines) is 1. The molecule has 2 saturated heterocycles. The summed E-state index contributed by atoms with van der Waals surface area (Å²) in [5.74, 6) is -1.63. The van der Waals surface area contributed by atoms with Crippen LogP contribution in [0.5, 0.6) is 0 Å². The molecule has 0 N–H and O–H groups in total. The minimum atomic E-state index is -0.684. The standard InChI is InChI=1S/C24H22N2O3/c1-2-14-25-23(28)19-18-13-12-15-8-6-7-11-17(15)26(18)21(20(19)24(25)29)22(27)16-9-4-3-5-10-16/h3-13,18-21H,2,14H2,1H3/t18-,19-,20-,21+/m1/s1. The van der Waals surface area contributed by atoms with Gasteiger partial charge in [-0.3, -0.25) is 19.3 Å². The maximum absolute atomic E-state index is 13.6. The van der Waals surface area contributed by atoms with Crippen molar-refractivity contribution in [2.75, 3.05) is 11.4 Å². The number of anilines is 1. The van der Waals surface area contributed by atoms with Crippen molar-refractivity contribution in [3.63, 3.8) is 0 Å². The van der Waals surface area contributed by atoms with E-state index in [1.54, 1.807) is 12.1 Å². The number of carbonyl (C=O) groups excluding carboxylic acids is 3. The zero-order valence-electron chi connectivity index (χ0n) is 16.2. The quantitative estimate of drug-likeness (QED) is 0.598. The minimum absolute atomic E-state index is 0.104. The lowest BCUT2D eigenvalue weighted by atomic mass is 9.86. The highest BCUT2D eigenvalue weighted by molar-refractivity contribution is 6.14. The second-order valence-electron chi connectivity index (χ2n) is 7.87. The van der Waals surface area contributed by atoms with Crippen molar-refractivity contribution in [3.8, 4) is 0 Å². The number of carbonyl (C=O) groups is 3. The van der Waals surface area contributed by atoms with E-state index in [9.17, 15) is 14.4 Å². The molecule has 0 aromatic heterocycles. The Balaban J connectivity index is 1.66. The van der Waals surface area contributed by atoms with Gasteiger partial charge in [-0.15, -0.1) is 0 Å². The largest absolute Gasteiger partial charge is 0.352 e. The smallest absolute Gasteiger partial charge is 0.235 e.